The minimum Gasteiger partial charge on any atom is -0.423 e. The quantitative estimate of drug-likeness (QED) is 0.663. The Bertz CT molecular complexity index is 1030. The van der Waals surface area contributed by atoms with Gasteiger partial charge in [-0.3, -0.25) is 19.2 Å². The van der Waals surface area contributed by atoms with E-state index >= 15 is 0 Å². The van der Waals surface area contributed by atoms with Crippen LogP contribution in [0.5, 0.6) is 0 Å². The van der Waals surface area contributed by atoms with Crippen molar-refractivity contribution in [3.8, 4) is 0 Å². The molecule has 3 fully saturated rings. The standard InChI is InChI=1S/C24H35N7O3/c1-4-31-10-7-18(28-31)23(33)29-11-8-24(9-12-29)13-19(22-27-26-21(34-22)16(2)3)30(15-24)14-20(32)25-17-5-6-17/h7,10,16-17,19H,4-6,8-9,11-15H2,1-3H3,(H,25,32). The number of likely N-dealkylation sites (tertiary alicyclic amines) is 2. The van der Waals surface area contributed by atoms with E-state index in [1.807, 2.05) is 31.9 Å². The van der Waals surface area contributed by atoms with Crippen molar-refractivity contribution >= 4 is 11.8 Å². The molecule has 1 spiro atoms. The maximum atomic E-state index is 13.0. The summed E-state index contributed by atoms with van der Waals surface area (Å²) in [5, 5.41) is 16.1. The lowest BCUT2D eigenvalue weighted by Gasteiger charge is -2.39. The number of amides is 2. The van der Waals surface area contributed by atoms with Gasteiger partial charge in [-0.2, -0.15) is 5.10 Å². The molecule has 1 saturated carbocycles. The van der Waals surface area contributed by atoms with Crippen molar-refractivity contribution in [3.05, 3.63) is 29.7 Å². The van der Waals surface area contributed by atoms with Gasteiger partial charge < -0.3 is 14.6 Å². The fraction of sp³-hybridized carbons (Fsp3) is 0.708. The zero-order chi connectivity index (χ0) is 23.9. The highest BCUT2D eigenvalue weighted by atomic mass is 16.4. The van der Waals surface area contributed by atoms with Crippen molar-refractivity contribution in [1.29, 1.82) is 0 Å². The number of carbonyl (C=O) groups is 2. The van der Waals surface area contributed by atoms with E-state index in [0.29, 0.717) is 43.2 Å². The van der Waals surface area contributed by atoms with E-state index < -0.39 is 0 Å². The SMILES string of the molecule is CCn1ccc(C(=O)N2CCC3(CC2)CC(c2nnc(C(C)C)o2)N(CC(=O)NC2CC2)C3)n1. The summed E-state index contributed by atoms with van der Waals surface area (Å²) in [5.74, 6) is 1.45. The third-order valence-corrected chi connectivity index (χ3v) is 7.43. The Morgan fingerprint density at radius 2 is 2.00 bits per heavy atom. The fourth-order valence-corrected chi connectivity index (χ4v) is 5.21. The van der Waals surface area contributed by atoms with Crippen LogP contribution in [0.15, 0.2) is 16.7 Å². The first-order valence-corrected chi connectivity index (χ1v) is 12.6. The normalized spacial score (nSPS) is 22.6. The van der Waals surface area contributed by atoms with E-state index in [2.05, 4.69) is 25.5 Å². The summed E-state index contributed by atoms with van der Waals surface area (Å²) >= 11 is 0. The van der Waals surface area contributed by atoms with Gasteiger partial charge in [0.2, 0.25) is 17.7 Å². The molecule has 2 amide bonds. The molecule has 0 aromatic carbocycles. The molecule has 2 saturated heterocycles. The summed E-state index contributed by atoms with van der Waals surface area (Å²) in [6.07, 6.45) is 6.61. The molecule has 2 aromatic rings. The second-order valence-electron chi connectivity index (χ2n) is 10.4. The molecule has 0 bridgehead atoms. The molecule has 34 heavy (non-hydrogen) atoms. The summed E-state index contributed by atoms with van der Waals surface area (Å²) in [6.45, 7) is 9.32. The molecule has 184 valence electrons. The molecule has 1 aliphatic carbocycles. The van der Waals surface area contributed by atoms with Crippen LogP contribution in [-0.2, 0) is 11.3 Å². The van der Waals surface area contributed by atoms with Gasteiger partial charge in [0.15, 0.2) is 0 Å². The van der Waals surface area contributed by atoms with Crippen LogP contribution < -0.4 is 5.32 Å². The number of nitrogens with zero attached hydrogens (tertiary/aromatic N) is 6. The number of hydrogen-bond donors (Lipinski definition) is 1. The average Bonchev–Trinajstić information content (AvgIpc) is 3.21. The predicted octanol–water partition coefficient (Wildman–Crippen LogP) is 2.36. The Kier molecular flexibility index (Phi) is 6.18. The number of nitrogens with one attached hydrogen (secondary N) is 1. The highest BCUT2D eigenvalue weighted by molar-refractivity contribution is 5.92. The Hall–Kier alpha value is -2.75. The number of piperidine rings is 1. The minimum absolute atomic E-state index is 0.00394. The molecule has 1 unspecified atom stereocenters. The van der Waals surface area contributed by atoms with E-state index in [1.165, 1.54) is 0 Å². The van der Waals surface area contributed by atoms with Crippen LogP contribution in [0, 0.1) is 5.41 Å². The zero-order valence-electron chi connectivity index (χ0n) is 20.4. The first-order chi connectivity index (χ1) is 16.4. The molecule has 10 nitrogen and oxygen atoms in total. The number of aryl methyl sites for hydroxylation is 1. The van der Waals surface area contributed by atoms with Crippen LogP contribution in [0.25, 0.3) is 0 Å². The van der Waals surface area contributed by atoms with Gasteiger partial charge in [-0.15, -0.1) is 10.2 Å². The lowest BCUT2D eigenvalue weighted by molar-refractivity contribution is -0.122. The fourth-order valence-electron chi connectivity index (χ4n) is 5.21. The third kappa shape index (κ3) is 4.73. The van der Waals surface area contributed by atoms with Gasteiger partial charge in [0.05, 0.1) is 12.6 Å². The van der Waals surface area contributed by atoms with E-state index in [1.54, 1.807) is 10.7 Å². The molecule has 3 aliphatic rings. The monoisotopic (exact) mass is 469 g/mol. The molecule has 0 radical (unpaired) electrons. The minimum atomic E-state index is -0.0764. The number of carbonyl (C=O) groups excluding carboxylic acids is 2. The van der Waals surface area contributed by atoms with Crippen molar-refractivity contribution in [3.63, 3.8) is 0 Å². The van der Waals surface area contributed by atoms with Crippen LogP contribution in [0.2, 0.25) is 0 Å². The molecular weight excluding hydrogens is 434 g/mol. The Morgan fingerprint density at radius 1 is 1.24 bits per heavy atom. The number of rotatable bonds is 7. The molecule has 1 atom stereocenters. The predicted molar refractivity (Wildman–Crippen MR) is 124 cm³/mol. The Labute approximate surface area is 200 Å². The lowest BCUT2D eigenvalue weighted by Crippen LogP contribution is -2.45. The van der Waals surface area contributed by atoms with E-state index in [4.69, 9.17) is 4.42 Å². The third-order valence-electron chi connectivity index (χ3n) is 7.43. The van der Waals surface area contributed by atoms with Gasteiger partial charge in [-0.05, 0) is 50.5 Å². The maximum Gasteiger partial charge on any atom is 0.274 e. The summed E-state index contributed by atoms with van der Waals surface area (Å²) in [6, 6.07) is 2.06. The second kappa shape index (κ2) is 9.13. The van der Waals surface area contributed by atoms with E-state index in [-0.39, 0.29) is 29.2 Å². The number of aromatic nitrogens is 4. The summed E-state index contributed by atoms with van der Waals surface area (Å²) in [7, 11) is 0. The van der Waals surface area contributed by atoms with Crippen LogP contribution in [0.4, 0.5) is 0 Å². The summed E-state index contributed by atoms with van der Waals surface area (Å²) < 4.78 is 7.81. The van der Waals surface area contributed by atoms with Crippen molar-refractivity contribution in [2.24, 2.45) is 5.41 Å². The van der Waals surface area contributed by atoms with Gasteiger partial charge in [-0.1, -0.05) is 13.8 Å². The van der Waals surface area contributed by atoms with E-state index in [9.17, 15) is 9.59 Å². The van der Waals surface area contributed by atoms with Crippen LogP contribution in [-0.4, -0.2) is 73.8 Å². The Morgan fingerprint density at radius 3 is 2.62 bits per heavy atom. The first kappa shape index (κ1) is 23.0. The van der Waals surface area contributed by atoms with Crippen molar-refractivity contribution in [2.45, 2.75) is 77.4 Å². The van der Waals surface area contributed by atoms with Gasteiger partial charge in [-0.25, -0.2) is 0 Å². The van der Waals surface area contributed by atoms with Crippen LogP contribution >= 0.6 is 0 Å². The highest BCUT2D eigenvalue weighted by Gasteiger charge is 2.49. The van der Waals surface area contributed by atoms with Crippen LogP contribution in [0.1, 0.15) is 87.1 Å². The summed E-state index contributed by atoms with van der Waals surface area (Å²) in [5.41, 5.74) is 0.531. The topological polar surface area (TPSA) is 109 Å². The maximum absolute atomic E-state index is 13.0. The van der Waals surface area contributed by atoms with Gasteiger partial charge in [0.25, 0.3) is 5.91 Å². The highest BCUT2D eigenvalue weighted by Crippen LogP contribution is 2.48. The summed E-state index contributed by atoms with van der Waals surface area (Å²) in [4.78, 5) is 29.7. The molecule has 10 heteroatoms. The molecule has 2 aromatic heterocycles. The molecule has 5 rings (SSSR count). The smallest absolute Gasteiger partial charge is 0.274 e. The van der Waals surface area contributed by atoms with Crippen molar-refractivity contribution < 1.29 is 14.0 Å². The van der Waals surface area contributed by atoms with E-state index in [0.717, 1.165) is 45.2 Å². The first-order valence-electron chi connectivity index (χ1n) is 12.6. The zero-order valence-corrected chi connectivity index (χ0v) is 20.4. The van der Waals surface area contributed by atoms with Crippen molar-refractivity contribution in [2.75, 3.05) is 26.2 Å². The van der Waals surface area contributed by atoms with Crippen LogP contribution in [0.3, 0.4) is 0 Å². The van der Waals surface area contributed by atoms with Gasteiger partial charge >= 0.3 is 0 Å². The van der Waals surface area contributed by atoms with Crippen molar-refractivity contribution in [1.82, 2.24) is 35.1 Å². The number of hydrogen-bond acceptors (Lipinski definition) is 7. The largest absolute Gasteiger partial charge is 0.423 e. The molecule has 4 heterocycles. The lowest BCUT2D eigenvalue weighted by atomic mass is 9.76. The Balaban J connectivity index is 1.28. The molecule has 1 N–H and O–H groups in total. The second-order valence-corrected chi connectivity index (χ2v) is 10.4. The molecular formula is C24H35N7O3. The van der Waals surface area contributed by atoms with Gasteiger partial charge in [0, 0.05) is 44.3 Å². The van der Waals surface area contributed by atoms with Gasteiger partial charge in [0.1, 0.15) is 5.69 Å². The molecule has 2 aliphatic heterocycles. The average molecular weight is 470 g/mol.